The van der Waals surface area contributed by atoms with Crippen LogP contribution in [0.15, 0.2) is 48.1 Å². The molecule has 0 bridgehead atoms. The number of allylic oxidation sites excluding steroid dienone is 4. The lowest BCUT2D eigenvalue weighted by Gasteiger charge is -2.59. The molecule has 9 atom stereocenters. The molecule has 2 aromatic rings. The van der Waals surface area contributed by atoms with Crippen LogP contribution in [0.25, 0.3) is 11.3 Å². The number of benzene rings is 1. The Morgan fingerprint density at radius 1 is 1.20 bits per heavy atom. The number of hydrogen-bond acceptors (Lipinski definition) is 8. The van der Waals surface area contributed by atoms with Crippen LogP contribution in [0, 0.1) is 35.5 Å². The standard InChI is InChI=1S/C31H35N3O6/c1-16-27(33-34-32-16)17-4-6-18(7-5-17)28-39-25-13-22-21-9-8-19-12-20(36)10-11-29(19,2)26(21)23(37)14-30(22,3)31(25,40-28)24(38)15-35/h4-7,10-12,21-23,25-26,28,35,37H,8-9,13-15H2,1-3H3,(H,32,33,34)/t21-,22-,23-,25+,26+,28-,29-,30-,31+/m0/s1. The van der Waals surface area contributed by atoms with Gasteiger partial charge in [0.15, 0.2) is 23.5 Å². The first kappa shape index (κ1) is 26.0. The van der Waals surface area contributed by atoms with Crippen LogP contribution in [-0.4, -0.2) is 61.6 Å². The topological polar surface area (TPSA) is 135 Å². The van der Waals surface area contributed by atoms with Gasteiger partial charge < -0.3 is 19.7 Å². The Morgan fingerprint density at radius 2 is 1.98 bits per heavy atom. The van der Waals surface area contributed by atoms with Gasteiger partial charge in [0.2, 0.25) is 0 Å². The quantitative estimate of drug-likeness (QED) is 0.532. The van der Waals surface area contributed by atoms with Crippen molar-refractivity contribution in [2.24, 2.45) is 28.6 Å². The molecule has 4 aliphatic carbocycles. The van der Waals surface area contributed by atoms with Gasteiger partial charge in [0.05, 0.1) is 17.9 Å². The van der Waals surface area contributed by atoms with E-state index in [2.05, 4.69) is 22.3 Å². The summed E-state index contributed by atoms with van der Waals surface area (Å²) in [7, 11) is 0. The van der Waals surface area contributed by atoms with Crippen LogP contribution in [0.4, 0.5) is 0 Å². The highest BCUT2D eigenvalue weighted by atomic mass is 16.7. The number of nitrogens with zero attached hydrogens (tertiary/aromatic N) is 2. The van der Waals surface area contributed by atoms with E-state index >= 15 is 0 Å². The lowest BCUT2D eigenvalue weighted by Crippen LogP contribution is -2.63. The largest absolute Gasteiger partial charge is 0.393 e. The molecular weight excluding hydrogens is 510 g/mol. The molecule has 1 aliphatic heterocycles. The summed E-state index contributed by atoms with van der Waals surface area (Å²) in [6.07, 6.45) is 5.90. The number of rotatable bonds is 4. The minimum absolute atomic E-state index is 0.000921. The van der Waals surface area contributed by atoms with Crippen LogP contribution in [0.1, 0.15) is 57.1 Å². The molecule has 0 radical (unpaired) electrons. The van der Waals surface area contributed by atoms with Crippen LogP contribution in [0.3, 0.4) is 0 Å². The average Bonchev–Trinajstić information content (AvgIpc) is 3.60. The van der Waals surface area contributed by atoms with Crippen molar-refractivity contribution in [2.75, 3.05) is 6.61 Å². The van der Waals surface area contributed by atoms with Crippen molar-refractivity contribution in [3.05, 3.63) is 59.3 Å². The lowest BCUT2D eigenvalue weighted by atomic mass is 9.46. The molecule has 0 unspecified atom stereocenters. The number of nitrogens with one attached hydrogen (secondary N) is 1. The highest BCUT2D eigenvalue weighted by molar-refractivity contribution is 6.01. The minimum Gasteiger partial charge on any atom is -0.393 e. The summed E-state index contributed by atoms with van der Waals surface area (Å²) in [6.45, 7) is 5.40. The fourth-order valence-electron chi connectivity index (χ4n) is 9.19. The molecule has 210 valence electrons. The van der Waals surface area contributed by atoms with Crippen molar-refractivity contribution in [1.29, 1.82) is 0 Å². The second kappa shape index (κ2) is 8.76. The van der Waals surface area contributed by atoms with Gasteiger partial charge in [-0.3, -0.25) is 9.59 Å². The predicted molar refractivity (Wildman–Crippen MR) is 143 cm³/mol. The maximum Gasteiger partial charge on any atom is 0.193 e. The smallest absolute Gasteiger partial charge is 0.193 e. The zero-order chi connectivity index (χ0) is 28.0. The third kappa shape index (κ3) is 3.29. The Bertz CT molecular complexity index is 1450. The Morgan fingerprint density at radius 3 is 2.67 bits per heavy atom. The van der Waals surface area contributed by atoms with Crippen molar-refractivity contribution in [3.8, 4) is 11.3 Å². The number of aromatic amines is 1. The Balaban J connectivity index is 1.22. The monoisotopic (exact) mass is 545 g/mol. The molecule has 2 heterocycles. The first-order chi connectivity index (χ1) is 19.1. The van der Waals surface area contributed by atoms with E-state index in [9.17, 15) is 19.8 Å². The van der Waals surface area contributed by atoms with Gasteiger partial charge in [-0.15, -0.1) is 0 Å². The molecule has 9 nitrogen and oxygen atoms in total. The first-order valence-corrected chi connectivity index (χ1v) is 14.2. The molecule has 4 fully saturated rings. The van der Waals surface area contributed by atoms with Crippen LogP contribution in [0.2, 0.25) is 0 Å². The number of carbonyl (C=O) groups excluding carboxylic acids is 2. The fourth-order valence-corrected chi connectivity index (χ4v) is 9.19. The van der Waals surface area contributed by atoms with Crippen molar-refractivity contribution >= 4 is 11.6 Å². The van der Waals surface area contributed by atoms with E-state index in [1.54, 1.807) is 12.2 Å². The van der Waals surface area contributed by atoms with Gasteiger partial charge >= 0.3 is 0 Å². The van der Waals surface area contributed by atoms with Crippen molar-refractivity contribution < 1.29 is 29.3 Å². The molecular formula is C31H35N3O6. The number of aryl methyl sites for hydroxylation is 1. The summed E-state index contributed by atoms with van der Waals surface area (Å²) in [6, 6.07) is 7.67. The summed E-state index contributed by atoms with van der Waals surface area (Å²) in [5.41, 5.74) is 1.83. The number of fused-ring (bicyclic) bond motifs is 7. The number of Topliss-reactive ketones (excluding diaryl/α,β-unsaturated/α-hetero) is 1. The second-order valence-electron chi connectivity index (χ2n) is 12.7. The molecule has 7 rings (SSSR count). The van der Waals surface area contributed by atoms with E-state index in [0.717, 1.165) is 40.9 Å². The van der Waals surface area contributed by atoms with Gasteiger partial charge in [-0.2, -0.15) is 15.4 Å². The highest BCUT2D eigenvalue weighted by Crippen LogP contribution is 2.70. The molecule has 1 aromatic carbocycles. The Hall–Kier alpha value is -2.98. The first-order valence-electron chi connectivity index (χ1n) is 14.2. The van der Waals surface area contributed by atoms with Gasteiger partial charge in [0.25, 0.3) is 0 Å². The zero-order valence-corrected chi connectivity index (χ0v) is 23.0. The number of ketones is 2. The molecule has 0 spiro atoms. The molecule has 1 aromatic heterocycles. The number of aromatic nitrogens is 3. The number of aliphatic hydroxyl groups is 2. The minimum atomic E-state index is -1.36. The van der Waals surface area contributed by atoms with Gasteiger partial charge in [0, 0.05) is 27.9 Å². The SMILES string of the molecule is Cc1n[nH]nc1-c1ccc([C@H]2O[C@@H]3C[C@H]4[C@@H]5CCC6=CC(=O)C=C[C@]6(C)[C@H]5[C@@H](O)C[C@]4(C)[C@]3(C(=O)CO)O2)cc1. The number of hydrogen-bond donors (Lipinski definition) is 3. The number of aliphatic hydroxyl groups excluding tert-OH is 2. The molecule has 1 saturated heterocycles. The second-order valence-corrected chi connectivity index (χ2v) is 12.7. The molecule has 5 aliphatic rings. The number of ether oxygens (including phenoxy) is 2. The van der Waals surface area contributed by atoms with Crippen LogP contribution in [-0.2, 0) is 19.1 Å². The third-order valence-electron chi connectivity index (χ3n) is 11.0. The van der Waals surface area contributed by atoms with E-state index in [4.69, 9.17) is 9.47 Å². The van der Waals surface area contributed by atoms with Crippen molar-refractivity contribution in [3.63, 3.8) is 0 Å². The van der Waals surface area contributed by atoms with E-state index in [1.165, 1.54) is 0 Å². The summed E-state index contributed by atoms with van der Waals surface area (Å²) in [5.74, 6) is -0.279. The van der Waals surface area contributed by atoms with Crippen LogP contribution >= 0.6 is 0 Å². The molecule has 0 amide bonds. The maximum atomic E-state index is 13.7. The normalized spacial score (nSPS) is 41.6. The van der Waals surface area contributed by atoms with Gasteiger partial charge in [-0.25, -0.2) is 0 Å². The van der Waals surface area contributed by atoms with Gasteiger partial charge in [0.1, 0.15) is 12.3 Å². The Labute approximate surface area is 232 Å². The van der Waals surface area contributed by atoms with E-state index in [-0.39, 0.29) is 23.5 Å². The average molecular weight is 546 g/mol. The summed E-state index contributed by atoms with van der Waals surface area (Å²) in [4.78, 5) is 25.8. The molecule has 9 heteroatoms. The fraction of sp³-hybridized carbons (Fsp3) is 0.548. The van der Waals surface area contributed by atoms with Gasteiger partial charge in [-0.05, 0) is 56.6 Å². The van der Waals surface area contributed by atoms with Crippen molar-refractivity contribution in [2.45, 2.75) is 70.6 Å². The molecule has 3 saturated carbocycles. The van der Waals surface area contributed by atoms with E-state index < -0.39 is 47.3 Å². The van der Waals surface area contributed by atoms with E-state index in [1.807, 2.05) is 44.2 Å². The number of carbonyl (C=O) groups is 2. The van der Waals surface area contributed by atoms with Crippen LogP contribution in [0.5, 0.6) is 0 Å². The highest BCUT2D eigenvalue weighted by Gasteiger charge is 2.75. The zero-order valence-electron chi connectivity index (χ0n) is 23.0. The number of H-pyrrole nitrogens is 1. The Kier molecular flexibility index (Phi) is 5.68. The molecule has 40 heavy (non-hydrogen) atoms. The summed E-state index contributed by atoms with van der Waals surface area (Å²) < 4.78 is 13.2. The van der Waals surface area contributed by atoms with Crippen molar-refractivity contribution in [1.82, 2.24) is 15.4 Å². The summed E-state index contributed by atoms with van der Waals surface area (Å²) in [5, 5.41) is 32.9. The maximum absolute atomic E-state index is 13.7. The molecule has 3 N–H and O–H groups in total. The van der Waals surface area contributed by atoms with Gasteiger partial charge in [-0.1, -0.05) is 49.8 Å². The lowest BCUT2D eigenvalue weighted by molar-refractivity contribution is -0.201. The predicted octanol–water partition coefficient (Wildman–Crippen LogP) is 3.38. The van der Waals surface area contributed by atoms with Crippen LogP contribution < -0.4 is 0 Å². The van der Waals surface area contributed by atoms with E-state index in [0.29, 0.717) is 12.8 Å². The third-order valence-corrected chi connectivity index (χ3v) is 11.0. The summed E-state index contributed by atoms with van der Waals surface area (Å²) >= 11 is 0.